The minimum atomic E-state index is 0.0598. The summed E-state index contributed by atoms with van der Waals surface area (Å²) >= 11 is 6.20. The molecule has 0 aliphatic rings. The Bertz CT molecular complexity index is 693. The smallest absolute Gasteiger partial charge is 0.0992 e. The molecule has 0 aliphatic carbocycles. The molecule has 2 aromatic rings. The Labute approximate surface area is 130 Å². The summed E-state index contributed by atoms with van der Waals surface area (Å²) in [5.74, 6) is 0. The summed E-state index contributed by atoms with van der Waals surface area (Å²) in [6.45, 7) is 8.17. The number of anilines is 1. The molecule has 0 saturated heterocycles. The molecule has 1 atom stereocenters. The van der Waals surface area contributed by atoms with Crippen LogP contribution in [-0.2, 0) is 0 Å². The fourth-order valence-electron chi connectivity index (χ4n) is 2.70. The molecule has 1 unspecified atom stereocenters. The van der Waals surface area contributed by atoms with Gasteiger partial charge in [-0.25, -0.2) is 0 Å². The zero-order valence-corrected chi connectivity index (χ0v) is 13.4. The van der Waals surface area contributed by atoms with Crippen LogP contribution < -0.4 is 5.32 Å². The molecule has 3 nitrogen and oxygen atoms in total. The summed E-state index contributed by atoms with van der Waals surface area (Å²) < 4.78 is 0. The van der Waals surface area contributed by atoms with Gasteiger partial charge in [0.25, 0.3) is 0 Å². The summed E-state index contributed by atoms with van der Waals surface area (Å²) in [4.78, 5) is 4.53. The van der Waals surface area contributed by atoms with Gasteiger partial charge in [-0.15, -0.1) is 0 Å². The summed E-state index contributed by atoms with van der Waals surface area (Å²) in [6.07, 6.45) is 0. The highest BCUT2D eigenvalue weighted by Crippen LogP contribution is 2.29. The number of aryl methyl sites for hydroxylation is 3. The van der Waals surface area contributed by atoms with Crippen molar-refractivity contribution in [1.82, 2.24) is 4.98 Å². The Morgan fingerprint density at radius 3 is 2.57 bits per heavy atom. The van der Waals surface area contributed by atoms with E-state index < -0.39 is 0 Å². The first-order chi connectivity index (χ1) is 9.92. The maximum Gasteiger partial charge on any atom is 0.0992 e. The predicted molar refractivity (Wildman–Crippen MR) is 86.7 cm³/mol. The van der Waals surface area contributed by atoms with Crippen molar-refractivity contribution in [3.8, 4) is 6.07 Å². The number of nitriles is 1. The molecule has 1 aromatic carbocycles. The molecular weight excluding hydrogens is 282 g/mol. The second-order valence-electron chi connectivity index (χ2n) is 5.25. The van der Waals surface area contributed by atoms with Crippen molar-refractivity contribution < 1.29 is 0 Å². The van der Waals surface area contributed by atoms with Crippen molar-refractivity contribution >= 4 is 17.3 Å². The van der Waals surface area contributed by atoms with Crippen LogP contribution in [0.5, 0.6) is 0 Å². The molecule has 0 bridgehead atoms. The summed E-state index contributed by atoms with van der Waals surface area (Å²) in [6, 6.07) is 9.48. The van der Waals surface area contributed by atoms with E-state index in [2.05, 4.69) is 36.3 Å². The molecule has 1 aromatic heterocycles. The lowest BCUT2D eigenvalue weighted by Crippen LogP contribution is -2.12. The summed E-state index contributed by atoms with van der Waals surface area (Å²) in [7, 11) is 0. The van der Waals surface area contributed by atoms with Gasteiger partial charge in [0.2, 0.25) is 0 Å². The number of nitrogens with one attached hydrogen (secondary N) is 1. The van der Waals surface area contributed by atoms with Crippen LogP contribution in [0.1, 0.15) is 41.0 Å². The van der Waals surface area contributed by atoms with Gasteiger partial charge in [0.05, 0.1) is 28.4 Å². The van der Waals surface area contributed by atoms with Gasteiger partial charge in [0.1, 0.15) is 0 Å². The molecule has 21 heavy (non-hydrogen) atoms. The van der Waals surface area contributed by atoms with Crippen LogP contribution in [0.2, 0.25) is 5.02 Å². The lowest BCUT2D eigenvalue weighted by atomic mass is 10.00. The van der Waals surface area contributed by atoms with Crippen molar-refractivity contribution in [2.75, 3.05) is 5.32 Å². The third-order valence-electron chi connectivity index (χ3n) is 3.48. The minimum Gasteiger partial charge on any atom is -0.377 e. The van der Waals surface area contributed by atoms with E-state index in [1.807, 2.05) is 13.8 Å². The fraction of sp³-hybridized carbons (Fsp3) is 0.294. The standard InChI is InChI=1S/C17H18ClN3/c1-10-7-11(2)20-12(3)17(10)13(4)21-16-8-14(9-19)5-6-15(16)18/h5-8,13,21H,1-4H3. The van der Waals surface area contributed by atoms with E-state index in [4.69, 9.17) is 16.9 Å². The van der Waals surface area contributed by atoms with Crippen molar-refractivity contribution in [2.45, 2.75) is 33.7 Å². The molecule has 1 N–H and O–H groups in total. The van der Waals surface area contributed by atoms with Gasteiger partial charge in [-0.05, 0) is 63.1 Å². The van der Waals surface area contributed by atoms with Gasteiger partial charge in [0.15, 0.2) is 0 Å². The van der Waals surface area contributed by atoms with Crippen molar-refractivity contribution in [3.05, 3.63) is 57.4 Å². The molecule has 0 spiro atoms. The maximum absolute atomic E-state index is 8.99. The number of halogens is 1. The van der Waals surface area contributed by atoms with E-state index in [1.54, 1.807) is 18.2 Å². The average molecular weight is 300 g/mol. The van der Waals surface area contributed by atoms with Crippen LogP contribution >= 0.6 is 11.6 Å². The number of rotatable bonds is 3. The Morgan fingerprint density at radius 2 is 1.95 bits per heavy atom. The van der Waals surface area contributed by atoms with Crippen LogP contribution in [0.15, 0.2) is 24.3 Å². The number of hydrogen-bond donors (Lipinski definition) is 1. The molecule has 0 aliphatic heterocycles. The Kier molecular flexibility index (Phi) is 4.50. The van der Waals surface area contributed by atoms with Crippen LogP contribution in [-0.4, -0.2) is 4.98 Å². The molecule has 0 radical (unpaired) electrons. The monoisotopic (exact) mass is 299 g/mol. The topological polar surface area (TPSA) is 48.7 Å². The first-order valence-electron chi connectivity index (χ1n) is 6.83. The lowest BCUT2D eigenvalue weighted by Gasteiger charge is -2.21. The third-order valence-corrected chi connectivity index (χ3v) is 3.81. The van der Waals surface area contributed by atoms with Gasteiger partial charge in [-0.2, -0.15) is 5.26 Å². The van der Waals surface area contributed by atoms with Gasteiger partial charge in [0, 0.05) is 11.4 Å². The summed E-state index contributed by atoms with van der Waals surface area (Å²) in [5.41, 5.74) is 5.75. The first-order valence-corrected chi connectivity index (χ1v) is 7.21. The second-order valence-corrected chi connectivity index (χ2v) is 5.66. The van der Waals surface area contributed by atoms with Crippen molar-refractivity contribution in [3.63, 3.8) is 0 Å². The number of benzene rings is 1. The summed E-state index contributed by atoms with van der Waals surface area (Å²) in [5, 5.41) is 13.0. The number of hydrogen-bond acceptors (Lipinski definition) is 3. The molecule has 0 fully saturated rings. The largest absolute Gasteiger partial charge is 0.377 e. The molecule has 0 amide bonds. The quantitative estimate of drug-likeness (QED) is 0.893. The number of nitrogens with zero attached hydrogens (tertiary/aromatic N) is 2. The highest BCUT2D eigenvalue weighted by atomic mass is 35.5. The van der Waals surface area contributed by atoms with Crippen molar-refractivity contribution in [1.29, 1.82) is 5.26 Å². The Balaban J connectivity index is 2.35. The third kappa shape index (κ3) is 3.34. The first kappa shape index (κ1) is 15.3. The van der Waals surface area contributed by atoms with Gasteiger partial charge < -0.3 is 5.32 Å². The SMILES string of the molecule is Cc1cc(C)c(C(C)Nc2cc(C#N)ccc2Cl)c(C)n1. The van der Waals surface area contributed by atoms with Crippen molar-refractivity contribution in [2.24, 2.45) is 0 Å². The maximum atomic E-state index is 8.99. The van der Waals surface area contributed by atoms with E-state index in [9.17, 15) is 0 Å². The zero-order valence-electron chi connectivity index (χ0n) is 12.7. The van der Waals surface area contributed by atoms with E-state index in [1.165, 1.54) is 11.1 Å². The molecular formula is C17H18ClN3. The van der Waals surface area contributed by atoms with Gasteiger partial charge >= 0.3 is 0 Å². The highest BCUT2D eigenvalue weighted by Gasteiger charge is 2.14. The molecule has 0 saturated carbocycles. The second kappa shape index (κ2) is 6.15. The van der Waals surface area contributed by atoms with E-state index in [-0.39, 0.29) is 6.04 Å². The van der Waals surface area contributed by atoms with E-state index in [0.717, 1.165) is 17.1 Å². The normalized spacial score (nSPS) is 11.8. The van der Waals surface area contributed by atoms with Crippen LogP contribution in [0.25, 0.3) is 0 Å². The molecule has 4 heteroatoms. The fourth-order valence-corrected chi connectivity index (χ4v) is 2.87. The lowest BCUT2D eigenvalue weighted by molar-refractivity contribution is 0.843. The predicted octanol–water partition coefficient (Wildman–Crippen LogP) is 4.71. The molecule has 108 valence electrons. The number of pyridine rings is 1. The van der Waals surface area contributed by atoms with Gasteiger partial charge in [-0.1, -0.05) is 11.6 Å². The molecule has 1 heterocycles. The highest BCUT2D eigenvalue weighted by molar-refractivity contribution is 6.33. The van der Waals surface area contributed by atoms with Crippen LogP contribution in [0.3, 0.4) is 0 Å². The zero-order chi connectivity index (χ0) is 15.6. The average Bonchev–Trinajstić information content (AvgIpc) is 2.40. The van der Waals surface area contributed by atoms with Crippen LogP contribution in [0, 0.1) is 32.1 Å². The Hall–Kier alpha value is -2.05. The Morgan fingerprint density at radius 1 is 1.24 bits per heavy atom. The number of aromatic nitrogens is 1. The van der Waals surface area contributed by atoms with E-state index in [0.29, 0.717) is 10.6 Å². The molecule has 2 rings (SSSR count). The van der Waals surface area contributed by atoms with Gasteiger partial charge in [-0.3, -0.25) is 4.98 Å². The minimum absolute atomic E-state index is 0.0598. The van der Waals surface area contributed by atoms with E-state index >= 15 is 0 Å². The van der Waals surface area contributed by atoms with Crippen LogP contribution in [0.4, 0.5) is 5.69 Å².